The fourth-order valence-electron chi connectivity index (χ4n) is 3.04. The van der Waals surface area contributed by atoms with E-state index in [9.17, 15) is 4.79 Å². The highest BCUT2D eigenvalue weighted by molar-refractivity contribution is 5.93. The Kier molecular flexibility index (Phi) is 5.09. The van der Waals surface area contributed by atoms with Gasteiger partial charge in [0.2, 0.25) is 0 Å². The number of carbonyl (C=O) groups excluding carboxylic acids is 1. The summed E-state index contributed by atoms with van der Waals surface area (Å²) in [6.07, 6.45) is 10.2. The number of hydrogen-bond donors (Lipinski definition) is 4. The summed E-state index contributed by atoms with van der Waals surface area (Å²) in [5, 5.41) is 18.2. The largest absolute Gasteiger partial charge is 0.409 e. The standard InChI is InChI=1S/C14H26N4O2/c15-12(18-20)14(9-4-2-1-3-5-10-14)17-13(19)16-11-7-6-8-11/h11,20H,1-10H2,(H2,15,18)(H2,16,17,19). The van der Waals surface area contributed by atoms with Crippen LogP contribution in [0.3, 0.4) is 0 Å². The molecule has 0 aliphatic heterocycles. The van der Waals surface area contributed by atoms with Crippen molar-refractivity contribution < 1.29 is 10.0 Å². The molecule has 2 saturated carbocycles. The minimum atomic E-state index is -0.691. The van der Waals surface area contributed by atoms with Gasteiger partial charge in [-0.1, -0.05) is 37.3 Å². The Hall–Kier alpha value is -1.46. The van der Waals surface area contributed by atoms with Gasteiger partial charge in [-0.25, -0.2) is 4.79 Å². The predicted molar refractivity (Wildman–Crippen MR) is 77.8 cm³/mol. The highest BCUT2D eigenvalue weighted by Crippen LogP contribution is 2.27. The molecule has 0 aromatic rings. The Morgan fingerprint density at radius 2 is 1.70 bits per heavy atom. The van der Waals surface area contributed by atoms with E-state index in [4.69, 9.17) is 10.9 Å². The Morgan fingerprint density at radius 1 is 1.10 bits per heavy atom. The van der Waals surface area contributed by atoms with Crippen molar-refractivity contribution in [3.63, 3.8) is 0 Å². The number of nitrogens with zero attached hydrogens (tertiary/aromatic N) is 1. The number of carbonyl (C=O) groups is 1. The highest BCUT2D eigenvalue weighted by Gasteiger charge is 2.37. The van der Waals surface area contributed by atoms with Gasteiger partial charge < -0.3 is 21.6 Å². The zero-order valence-corrected chi connectivity index (χ0v) is 12.0. The summed E-state index contributed by atoms with van der Waals surface area (Å²) < 4.78 is 0. The molecule has 114 valence electrons. The molecular weight excluding hydrogens is 256 g/mol. The number of urea groups is 1. The van der Waals surface area contributed by atoms with Crippen LogP contribution >= 0.6 is 0 Å². The summed E-state index contributed by atoms with van der Waals surface area (Å²) in [5.41, 5.74) is 5.19. The van der Waals surface area contributed by atoms with Gasteiger partial charge in [-0.3, -0.25) is 0 Å². The molecule has 0 aromatic carbocycles. The zero-order chi connectivity index (χ0) is 14.4. The first-order valence-electron chi connectivity index (χ1n) is 7.73. The summed E-state index contributed by atoms with van der Waals surface area (Å²) in [6.45, 7) is 0. The van der Waals surface area contributed by atoms with Crippen LogP contribution in [0.2, 0.25) is 0 Å². The van der Waals surface area contributed by atoms with Crippen LogP contribution in [-0.2, 0) is 0 Å². The van der Waals surface area contributed by atoms with E-state index in [0.717, 1.165) is 51.4 Å². The normalized spacial score (nSPS) is 24.1. The van der Waals surface area contributed by atoms with Crippen LogP contribution in [0, 0.1) is 0 Å². The van der Waals surface area contributed by atoms with Crippen LogP contribution in [-0.4, -0.2) is 28.7 Å². The van der Waals surface area contributed by atoms with Crippen LogP contribution in [0.1, 0.15) is 64.2 Å². The molecule has 0 atom stereocenters. The molecule has 0 saturated heterocycles. The van der Waals surface area contributed by atoms with E-state index in [1.165, 1.54) is 12.8 Å². The van der Waals surface area contributed by atoms with Crippen LogP contribution in [0.4, 0.5) is 4.79 Å². The fourth-order valence-corrected chi connectivity index (χ4v) is 3.04. The molecule has 20 heavy (non-hydrogen) atoms. The lowest BCUT2D eigenvalue weighted by Crippen LogP contribution is -2.61. The third-order valence-electron chi connectivity index (χ3n) is 4.60. The Morgan fingerprint density at radius 3 is 2.20 bits per heavy atom. The summed E-state index contributed by atoms with van der Waals surface area (Å²) >= 11 is 0. The Labute approximate surface area is 120 Å². The summed E-state index contributed by atoms with van der Waals surface area (Å²) in [5.74, 6) is 0.128. The second-order valence-corrected chi connectivity index (χ2v) is 6.06. The number of oxime groups is 1. The van der Waals surface area contributed by atoms with E-state index in [1.807, 2.05) is 0 Å². The lowest BCUT2D eigenvalue weighted by atomic mass is 9.83. The minimum Gasteiger partial charge on any atom is -0.409 e. The van der Waals surface area contributed by atoms with E-state index < -0.39 is 5.54 Å². The summed E-state index contributed by atoms with van der Waals surface area (Å²) in [4.78, 5) is 12.1. The molecular formula is C14H26N4O2. The molecule has 5 N–H and O–H groups in total. The Bertz CT molecular complexity index is 358. The van der Waals surface area contributed by atoms with E-state index in [2.05, 4.69) is 15.8 Å². The van der Waals surface area contributed by atoms with Crippen LogP contribution in [0.25, 0.3) is 0 Å². The molecule has 2 aliphatic carbocycles. The van der Waals surface area contributed by atoms with Crippen LogP contribution < -0.4 is 16.4 Å². The van der Waals surface area contributed by atoms with Crippen LogP contribution in [0.15, 0.2) is 5.16 Å². The van der Waals surface area contributed by atoms with Gasteiger partial charge in [0.15, 0.2) is 5.84 Å². The zero-order valence-electron chi connectivity index (χ0n) is 12.0. The quantitative estimate of drug-likeness (QED) is 0.276. The average Bonchev–Trinajstić information content (AvgIpc) is 2.36. The Balaban J connectivity index is 2.02. The van der Waals surface area contributed by atoms with Crippen molar-refractivity contribution in [2.24, 2.45) is 10.9 Å². The molecule has 6 nitrogen and oxygen atoms in total. The molecule has 2 fully saturated rings. The number of nitrogens with one attached hydrogen (secondary N) is 2. The smallest absolute Gasteiger partial charge is 0.315 e. The number of rotatable bonds is 3. The summed E-state index contributed by atoms with van der Waals surface area (Å²) in [7, 11) is 0. The van der Waals surface area contributed by atoms with Gasteiger partial charge in [0.25, 0.3) is 0 Å². The molecule has 2 aliphatic rings. The van der Waals surface area contributed by atoms with Gasteiger partial charge in [-0.15, -0.1) is 0 Å². The minimum absolute atomic E-state index is 0.128. The van der Waals surface area contributed by atoms with Crippen molar-refractivity contribution in [2.75, 3.05) is 0 Å². The topological polar surface area (TPSA) is 99.7 Å². The first-order valence-corrected chi connectivity index (χ1v) is 7.73. The molecule has 0 heterocycles. The van der Waals surface area contributed by atoms with E-state index in [-0.39, 0.29) is 17.9 Å². The molecule has 0 bridgehead atoms. The number of nitrogens with two attached hydrogens (primary N) is 1. The van der Waals surface area contributed by atoms with E-state index in [1.54, 1.807) is 0 Å². The van der Waals surface area contributed by atoms with E-state index in [0.29, 0.717) is 0 Å². The van der Waals surface area contributed by atoms with Crippen LogP contribution in [0.5, 0.6) is 0 Å². The molecule has 0 spiro atoms. The van der Waals surface area contributed by atoms with Gasteiger partial charge in [-0.2, -0.15) is 0 Å². The highest BCUT2D eigenvalue weighted by atomic mass is 16.4. The first-order chi connectivity index (χ1) is 9.66. The maximum absolute atomic E-state index is 12.1. The third kappa shape index (κ3) is 3.55. The SMILES string of the molecule is NC(=NO)C1(NC(=O)NC2CCC2)CCCCCCC1. The van der Waals surface area contributed by atoms with Crippen molar-refractivity contribution in [2.45, 2.75) is 75.8 Å². The number of hydrogen-bond acceptors (Lipinski definition) is 3. The third-order valence-corrected chi connectivity index (χ3v) is 4.60. The maximum atomic E-state index is 12.1. The molecule has 0 radical (unpaired) electrons. The molecule has 0 aromatic heterocycles. The predicted octanol–water partition coefficient (Wildman–Crippen LogP) is 2.07. The molecule has 2 amide bonds. The van der Waals surface area contributed by atoms with Crippen molar-refractivity contribution >= 4 is 11.9 Å². The number of amidine groups is 1. The van der Waals surface area contributed by atoms with Crippen molar-refractivity contribution in [1.82, 2.24) is 10.6 Å². The monoisotopic (exact) mass is 282 g/mol. The lowest BCUT2D eigenvalue weighted by Gasteiger charge is -2.36. The number of amides is 2. The van der Waals surface area contributed by atoms with Gasteiger partial charge in [0.05, 0.1) is 0 Å². The molecule has 6 heteroatoms. The fraction of sp³-hybridized carbons (Fsp3) is 0.857. The van der Waals surface area contributed by atoms with Crippen molar-refractivity contribution in [3.8, 4) is 0 Å². The molecule has 0 unspecified atom stereocenters. The lowest BCUT2D eigenvalue weighted by molar-refractivity contribution is 0.213. The maximum Gasteiger partial charge on any atom is 0.315 e. The van der Waals surface area contributed by atoms with Crippen molar-refractivity contribution in [3.05, 3.63) is 0 Å². The second-order valence-electron chi connectivity index (χ2n) is 6.06. The molecule has 2 rings (SSSR count). The van der Waals surface area contributed by atoms with Gasteiger partial charge in [0, 0.05) is 6.04 Å². The summed E-state index contributed by atoms with van der Waals surface area (Å²) in [6, 6.07) is 0.0924. The van der Waals surface area contributed by atoms with Gasteiger partial charge >= 0.3 is 6.03 Å². The van der Waals surface area contributed by atoms with E-state index >= 15 is 0 Å². The second kappa shape index (κ2) is 6.81. The average molecular weight is 282 g/mol. The van der Waals surface area contributed by atoms with Gasteiger partial charge in [0.1, 0.15) is 5.54 Å². The van der Waals surface area contributed by atoms with Crippen molar-refractivity contribution in [1.29, 1.82) is 0 Å². The first kappa shape index (κ1) is 14.9. The van der Waals surface area contributed by atoms with Gasteiger partial charge in [-0.05, 0) is 32.1 Å².